The molecule has 3 aliphatic rings. The lowest BCUT2D eigenvalue weighted by molar-refractivity contribution is -0.274. The molecule has 10 heteroatoms. The molecule has 2 aromatic heterocycles. The largest absolute Gasteiger partial charge is 0.573 e. The van der Waals surface area contributed by atoms with Crippen molar-refractivity contribution < 1.29 is 17.9 Å². The van der Waals surface area contributed by atoms with E-state index in [4.69, 9.17) is 10.8 Å². The number of hydrogen-bond acceptors (Lipinski definition) is 6. The Kier molecular flexibility index (Phi) is 6.00. The van der Waals surface area contributed by atoms with Crippen molar-refractivity contribution in [3.63, 3.8) is 0 Å². The van der Waals surface area contributed by atoms with Gasteiger partial charge in [-0.1, -0.05) is 6.92 Å². The first-order chi connectivity index (χ1) is 16.1. The van der Waals surface area contributed by atoms with Crippen LogP contribution in [0.1, 0.15) is 51.3 Å². The zero-order chi connectivity index (χ0) is 24.2. The molecule has 2 aliphatic carbocycles. The van der Waals surface area contributed by atoms with Crippen LogP contribution in [0.25, 0.3) is 11.3 Å². The van der Waals surface area contributed by atoms with Crippen molar-refractivity contribution >= 4 is 5.82 Å². The number of alkyl halides is 3. The minimum absolute atomic E-state index is 0.149. The summed E-state index contributed by atoms with van der Waals surface area (Å²) in [5.74, 6) is 0.978. The lowest BCUT2D eigenvalue weighted by atomic mass is 10.0. The predicted octanol–water partition coefficient (Wildman–Crippen LogP) is 4.14. The molecular weight excluding hydrogens is 445 g/mol. The summed E-state index contributed by atoms with van der Waals surface area (Å²) in [6.07, 6.45) is -0.947. The zero-order valence-corrected chi connectivity index (χ0v) is 19.9. The number of rotatable bonds is 6. The average Bonchev–Trinajstić information content (AvgIpc) is 3.14. The highest BCUT2D eigenvalue weighted by molar-refractivity contribution is 5.64. The fourth-order valence-electron chi connectivity index (χ4n) is 6.01. The van der Waals surface area contributed by atoms with Gasteiger partial charge in [0, 0.05) is 61.6 Å². The fraction of sp³-hybridized carbons (Fsp3) is 0.667. The van der Waals surface area contributed by atoms with Gasteiger partial charge in [-0.05, 0) is 57.2 Å². The first kappa shape index (κ1) is 23.4. The summed E-state index contributed by atoms with van der Waals surface area (Å²) in [6.45, 7) is 12.1. The van der Waals surface area contributed by atoms with Gasteiger partial charge in [0.2, 0.25) is 0 Å². The van der Waals surface area contributed by atoms with Crippen LogP contribution in [-0.4, -0.2) is 69.7 Å². The van der Waals surface area contributed by atoms with Crippen molar-refractivity contribution in [3.05, 3.63) is 24.0 Å². The van der Waals surface area contributed by atoms with Crippen LogP contribution >= 0.6 is 0 Å². The summed E-state index contributed by atoms with van der Waals surface area (Å²) < 4.78 is 44.3. The molecule has 34 heavy (non-hydrogen) atoms. The first-order valence-electron chi connectivity index (χ1n) is 12.2. The van der Waals surface area contributed by atoms with E-state index in [0.717, 1.165) is 32.7 Å². The van der Waals surface area contributed by atoms with E-state index in [2.05, 4.69) is 40.3 Å². The molecule has 2 unspecified atom stereocenters. The summed E-state index contributed by atoms with van der Waals surface area (Å²) in [5, 5.41) is 4.75. The van der Waals surface area contributed by atoms with Crippen molar-refractivity contribution in [2.24, 2.45) is 11.8 Å². The molecule has 2 aromatic rings. The lowest BCUT2D eigenvalue weighted by Gasteiger charge is -2.38. The maximum absolute atomic E-state index is 12.7. The third-order valence-corrected chi connectivity index (χ3v) is 7.79. The van der Waals surface area contributed by atoms with E-state index >= 15 is 0 Å². The Hall–Kier alpha value is -2.33. The summed E-state index contributed by atoms with van der Waals surface area (Å²) >= 11 is 0. The third-order valence-electron chi connectivity index (χ3n) is 7.79. The Labute approximate surface area is 198 Å². The summed E-state index contributed by atoms with van der Waals surface area (Å²) in [6, 6.07) is 4.11. The van der Waals surface area contributed by atoms with E-state index in [9.17, 15) is 13.2 Å². The number of anilines is 1. The number of halogens is 3. The number of nitrogens with zero attached hydrogens (tertiary/aromatic N) is 5. The molecule has 0 aromatic carbocycles. The minimum atomic E-state index is -4.83. The van der Waals surface area contributed by atoms with Crippen LogP contribution in [0.2, 0.25) is 0 Å². The van der Waals surface area contributed by atoms with Crippen LogP contribution in [0.5, 0.6) is 5.75 Å². The molecule has 0 spiro atoms. The number of nitrogens with two attached hydrogens (primary N) is 1. The van der Waals surface area contributed by atoms with Crippen molar-refractivity contribution in [2.75, 3.05) is 38.5 Å². The van der Waals surface area contributed by atoms with Gasteiger partial charge in [-0.25, -0.2) is 4.98 Å². The maximum Gasteiger partial charge on any atom is 0.573 e. The second-order valence-corrected chi connectivity index (χ2v) is 10.1. The van der Waals surface area contributed by atoms with Crippen molar-refractivity contribution in [3.8, 4) is 17.0 Å². The van der Waals surface area contributed by atoms with Crippen LogP contribution in [0, 0.1) is 11.8 Å². The van der Waals surface area contributed by atoms with Crippen molar-refractivity contribution in [2.45, 2.75) is 58.0 Å². The molecular formula is C24H33F3N6O. The van der Waals surface area contributed by atoms with Gasteiger partial charge < -0.3 is 15.4 Å². The van der Waals surface area contributed by atoms with Gasteiger partial charge >= 0.3 is 6.36 Å². The van der Waals surface area contributed by atoms with E-state index in [-0.39, 0.29) is 11.9 Å². The van der Waals surface area contributed by atoms with Gasteiger partial charge in [0.25, 0.3) is 0 Å². The molecule has 0 bridgehead atoms. The van der Waals surface area contributed by atoms with E-state index < -0.39 is 12.1 Å². The quantitative estimate of drug-likeness (QED) is 0.673. The standard InChI is InChI=1S/C24H33F3N6O/c1-4-31-5-7-32(8-6-31)16-10-17-18(11-16)22(17)20-12-19(30-33(20)14(2)3)15-9-21(23(28)29-13-15)34-24(25,26)27/h9,12-14,16-18,22H,4-8,10-11H2,1-3H3,(H2,28,29)/t16?,17-,18+,22?. The van der Waals surface area contributed by atoms with Crippen LogP contribution in [0.3, 0.4) is 0 Å². The number of aromatic nitrogens is 3. The smallest absolute Gasteiger partial charge is 0.402 e. The molecule has 0 amide bonds. The monoisotopic (exact) mass is 478 g/mol. The number of hydrogen-bond donors (Lipinski definition) is 1. The molecule has 5 rings (SSSR count). The molecule has 3 heterocycles. The number of likely N-dealkylation sites (N-methyl/N-ethyl adjacent to an activating group) is 1. The van der Waals surface area contributed by atoms with Gasteiger partial charge in [-0.15, -0.1) is 13.2 Å². The van der Waals surface area contributed by atoms with E-state index in [1.54, 1.807) is 0 Å². The number of nitrogen functional groups attached to an aromatic ring is 1. The van der Waals surface area contributed by atoms with Crippen LogP contribution < -0.4 is 10.5 Å². The van der Waals surface area contributed by atoms with Crippen molar-refractivity contribution in [1.82, 2.24) is 24.6 Å². The summed E-state index contributed by atoms with van der Waals surface area (Å²) in [5.41, 5.74) is 7.83. The van der Waals surface area contributed by atoms with Gasteiger partial charge in [-0.3, -0.25) is 9.58 Å². The molecule has 1 aliphatic heterocycles. The highest BCUT2D eigenvalue weighted by atomic mass is 19.4. The Morgan fingerprint density at radius 3 is 2.38 bits per heavy atom. The molecule has 7 nitrogen and oxygen atoms in total. The Balaban J connectivity index is 1.32. The van der Waals surface area contributed by atoms with Crippen molar-refractivity contribution in [1.29, 1.82) is 0 Å². The van der Waals surface area contributed by atoms with Crippen LogP contribution in [0.4, 0.5) is 19.0 Å². The Morgan fingerprint density at radius 2 is 1.79 bits per heavy atom. The third kappa shape index (κ3) is 4.49. The van der Waals surface area contributed by atoms with E-state index in [1.807, 2.05) is 10.7 Å². The van der Waals surface area contributed by atoms with Gasteiger partial charge in [0.1, 0.15) is 0 Å². The second kappa shape index (κ2) is 8.71. The van der Waals surface area contributed by atoms with E-state index in [0.29, 0.717) is 35.1 Å². The normalized spacial score (nSPS) is 27.9. The molecule has 1 saturated heterocycles. The van der Waals surface area contributed by atoms with Gasteiger partial charge in [0.05, 0.1) is 5.69 Å². The average molecular weight is 479 g/mol. The molecule has 2 saturated carbocycles. The Bertz CT molecular complexity index is 1020. The number of fused-ring (bicyclic) bond motifs is 1. The number of piperazine rings is 1. The van der Waals surface area contributed by atoms with Gasteiger partial charge in [0.15, 0.2) is 11.6 Å². The topological polar surface area (TPSA) is 72.4 Å². The zero-order valence-electron chi connectivity index (χ0n) is 19.9. The first-order valence-corrected chi connectivity index (χ1v) is 12.2. The van der Waals surface area contributed by atoms with E-state index in [1.165, 1.54) is 30.8 Å². The Morgan fingerprint density at radius 1 is 1.12 bits per heavy atom. The molecule has 2 N–H and O–H groups in total. The lowest BCUT2D eigenvalue weighted by Crippen LogP contribution is -2.49. The fourth-order valence-corrected chi connectivity index (χ4v) is 6.01. The predicted molar refractivity (Wildman–Crippen MR) is 123 cm³/mol. The maximum atomic E-state index is 12.7. The molecule has 4 atom stereocenters. The molecule has 3 fully saturated rings. The molecule has 186 valence electrons. The second-order valence-electron chi connectivity index (χ2n) is 10.1. The van der Waals surface area contributed by atoms with Crippen LogP contribution in [0.15, 0.2) is 18.3 Å². The minimum Gasteiger partial charge on any atom is -0.402 e. The molecule has 0 radical (unpaired) electrons. The number of pyridine rings is 1. The van der Waals surface area contributed by atoms with Crippen LogP contribution in [-0.2, 0) is 0 Å². The highest BCUT2D eigenvalue weighted by Crippen LogP contribution is 2.64. The highest BCUT2D eigenvalue weighted by Gasteiger charge is 2.58. The van der Waals surface area contributed by atoms with Gasteiger partial charge in [-0.2, -0.15) is 5.10 Å². The number of ether oxygens (including phenoxy) is 1. The summed E-state index contributed by atoms with van der Waals surface area (Å²) in [7, 11) is 0. The summed E-state index contributed by atoms with van der Waals surface area (Å²) in [4.78, 5) is 9.09. The SMILES string of the molecule is CCN1CCN(C2C[C@@H]3C(c4cc(-c5cnc(N)c(OC(F)(F)F)c5)nn4C(C)C)[C@@H]3C2)CC1.